The van der Waals surface area contributed by atoms with Crippen LogP contribution in [0.4, 0.5) is 0 Å². The summed E-state index contributed by atoms with van der Waals surface area (Å²) in [5.74, 6) is 0.0580. The lowest BCUT2D eigenvalue weighted by Gasteiger charge is -2.22. The summed E-state index contributed by atoms with van der Waals surface area (Å²) in [6.07, 6.45) is 0. The molecule has 0 saturated carbocycles. The van der Waals surface area contributed by atoms with Gasteiger partial charge in [-0.15, -0.1) is 0 Å². The van der Waals surface area contributed by atoms with Crippen LogP contribution in [0.15, 0.2) is 24.3 Å². The first-order valence-corrected chi connectivity index (χ1v) is 7.03. The molecule has 4 nitrogen and oxygen atoms in total. The zero-order chi connectivity index (χ0) is 15.1. The molecule has 0 heterocycles. The Morgan fingerprint density at radius 2 is 1.95 bits per heavy atom. The third-order valence-corrected chi connectivity index (χ3v) is 3.17. The standard InChI is InChI=1S/C15H21ClN2O2/c1-11(2)9-18(12(3)19)10-15(20)17-8-13-6-4-5-7-14(13)16/h4-7,11H,8-10H2,1-3H3,(H,17,20). The van der Waals surface area contributed by atoms with Crippen LogP contribution < -0.4 is 5.32 Å². The first-order chi connectivity index (χ1) is 9.40. The molecular weight excluding hydrogens is 276 g/mol. The zero-order valence-corrected chi connectivity index (χ0v) is 12.9. The number of nitrogens with one attached hydrogen (secondary N) is 1. The average molecular weight is 297 g/mol. The molecule has 2 amide bonds. The largest absolute Gasteiger partial charge is 0.350 e. The van der Waals surface area contributed by atoms with Gasteiger partial charge in [0.25, 0.3) is 0 Å². The number of rotatable bonds is 6. The van der Waals surface area contributed by atoms with Crippen LogP contribution >= 0.6 is 11.6 Å². The summed E-state index contributed by atoms with van der Waals surface area (Å²) in [5, 5.41) is 3.40. The fraction of sp³-hybridized carbons (Fsp3) is 0.467. The Labute approximate surface area is 125 Å². The molecule has 0 unspecified atom stereocenters. The van der Waals surface area contributed by atoms with E-state index in [1.807, 2.05) is 32.0 Å². The van der Waals surface area contributed by atoms with Gasteiger partial charge in [-0.1, -0.05) is 43.6 Å². The monoisotopic (exact) mass is 296 g/mol. The highest BCUT2D eigenvalue weighted by molar-refractivity contribution is 6.31. The van der Waals surface area contributed by atoms with Crippen LogP contribution in [0.1, 0.15) is 26.3 Å². The van der Waals surface area contributed by atoms with Crippen molar-refractivity contribution in [2.24, 2.45) is 5.92 Å². The lowest BCUT2D eigenvalue weighted by molar-refractivity contribution is -0.134. The van der Waals surface area contributed by atoms with E-state index in [9.17, 15) is 9.59 Å². The minimum atomic E-state index is -0.180. The van der Waals surface area contributed by atoms with E-state index in [1.54, 1.807) is 11.0 Å². The Bertz CT molecular complexity index is 475. The van der Waals surface area contributed by atoms with Crippen LogP contribution in [0.3, 0.4) is 0 Å². The minimum absolute atomic E-state index is 0.0813. The fourth-order valence-corrected chi connectivity index (χ4v) is 2.01. The number of halogens is 1. The van der Waals surface area contributed by atoms with Gasteiger partial charge in [-0.25, -0.2) is 0 Å². The van der Waals surface area contributed by atoms with Gasteiger partial charge < -0.3 is 10.2 Å². The molecule has 1 aromatic carbocycles. The van der Waals surface area contributed by atoms with Gasteiger partial charge in [-0.2, -0.15) is 0 Å². The number of carbonyl (C=O) groups is 2. The predicted molar refractivity (Wildman–Crippen MR) is 80.4 cm³/mol. The highest BCUT2D eigenvalue weighted by atomic mass is 35.5. The first-order valence-electron chi connectivity index (χ1n) is 6.65. The maximum absolute atomic E-state index is 11.9. The number of nitrogens with zero attached hydrogens (tertiary/aromatic N) is 1. The number of amides is 2. The van der Waals surface area contributed by atoms with Gasteiger partial charge in [0.15, 0.2) is 0 Å². The lowest BCUT2D eigenvalue weighted by atomic mass is 10.2. The average Bonchev–Trinajstić information content (AvgIpc) is 2.36. The van der Waals surface area contributed by atoms with Gasteiger partial charge in [-0.05, 0) is 17.5 Å². The summed E-state index contributed by atoms with van der Waals surface area (Å²) in [7, 11) is 0. The van der Waals surface area contributed by atoms with Crippen LogP contribution in [-0.2, 0) is 16.1 Å². The normalized spacial score (nSPS) is 10.4. The van der Waals surface area contributed by atoms with Crippen molar-refractivity contribution in [3.63, 3.8) is 0 Å². The van der Waals surface area contributed by atoms with Crippen LogP contribution in [0.2, 0.25) is 5.02 Å². The fourth-order valence-electron chi connectivity index (χ4n) is 1.81. The van der Waals surface area contributed by atoms with E-state index in [-0.39, 0.29) is 18.4 Å². The van der Waals surface area contributed by atoms with Gasteiger partial charge >= 0.3 is 0 Å². The van der Waals surface area contributed by atoms with Crippen molar-refractivity contribution in [2.45, 2.75) is 27.3 Å². The van der Waals surface area contributed by atoms with Gasteiger partial charge in [0.05, 0.1) is 6.54 Å². The molecule has 110 valence electrons. The van der Waals surface area contributed by atoms with Crippen molar-refractivity contribution in [2.75, 3.05) is 13.1 Å². The van der Waals surface area contributed by atoms with Crippen LogP contribution in [0.25, 0.3) is 0 Å². The Balaban J connectivity index is 2.50. The highest BCUT2D eigenvalue weighted by Crippen LogP contribution is 2.14. The van der Waals surface area contributed by atoms with Crippen molar-refractivity contribution in [1.82, 2.24) is 10.2 Å². The molecule has 0 bridgehead atoms. The maximum Gasteiger partial charge on any atom is 0.239 e. The third kappa shape index (κ3) is 5.61. The SMILES string of the molecule is CC(=O)N(CC(=O)NCc1ccccc1Cl)CC(C)C. The third-order valence-electron chi connectivity index (χ3n) is 2.80. The summed E-state index contributed by atoms with van der Waals surface area (Å²) in [5.41, 5.74) is 0.862. The number of benzene rings is 1. The lowest BCUT2D eigenvalue weighted by Crippen LogP contribution is -2.41. The topological polar surface area (TPSA) is 49.4 Å². The van der Waals surface area contributed by atoms with Gasteiger partial charge in [0.1, 0.15) is 0 Å². The highest BCUT2D eigenvalue weighted by Gasteiger charge is 2.14. The van der Waals surface area contributed by atoms with Crippen molar-refractivity contribution >= 4 is 23.4 Å². The molecule has 0 aliphatic rings. The van der Waals surface area contributed by atoms with Crippen molar-refractivity contribution < 1.29 is 9.59 Å². The number of carbonyl (C=O) groups excluding carboxylic acids is 2. The molecular formula is C15H21ClN2O2. The molecule has 0 saturated heterocycles. The number of hydrogen-bond donors (Lipinski definition) is 1. The Hall–Kier alpha value is -1.55. The van der Waals surface area contributed by atoms with Crippen molar-refractivity contribution in [3.05, 3.63) is 34.9 Å². The van der Waals surface area contributed by atoms with E-state index in [0.717, 1.165) is 5.56 Å². The first kappa shape index (κ1) is 16.5. The Kier molecular flexibility index (Phi) is 6.52. The zero-order valence-electron chi connectivity index (χ0n) is 12.1. The second-order valence-electron chi connectivity index (χ2n) is 5.16. The molecule has 1 rings (SSSR count). The molecule has 0 aliphatic heterocycles. The molecule has 0 spiro atoms. The molecule has 0 aromatic heterocycles. The van der Waals surface area contributed by atoms with Crippen molar-refractivity contribution in [1.29, 1.82) is 0 Å². The summed E-state index contributed by atoms with van der Waals surface area (Å²) in [6.45, 7) is 6.53. The maximum atomic E-state index is 11.9. The molecule has 0 fully saturated rings. The van der Waals surface area contributed by atoms with Crippen LogP contribution in [-0.4, -0.2) is 29.8 Å². The molecule has 5 heteroatoms. The van der Waals surface area contributed by atoms with E-state index in [0.29, 0.717) is 24.0 Å². The summed E-state index contributed by atoms with van der Waals surface area (Å²) in [6, 6.07) is 7.35. The summed E-state index contributed by atoms with van der Waals surface area (Å²) >= 11 is 6.02. The molecule has 0 atom stereocenters. The minimum Gasteiger partial charge on any atom is -0.350 e. The quantitative estimate of drug-likeness (QED) is 0.876. The van der Waals surface area contributed by atoms with Crippen molar-refractivity contribution in [3.8, 4) is 0 Å². The van der Waals surface area contributed by atoms with E-state index in [4.69, 9.17) is 11.6 Å². The van der Waals surface area contributed by atoms with E-state index >= 15 is 0 Å². The van der Waals surface area contributed by atoms with Crippen LogP contribution in [0, 0.1) is 5.92 Å². The van der Waals surface area contributed by atoms with E-state index in [2.05, 4.69) is 5.32 Å². The van der Waals surface area contributed by atoms with E-state index < -0.39 is 0 Å². The predicted octanol–water partition coefficient (Wildman–Crippen LogP) is 2.46. The summed E-state index contributed by atoms with van der Waals surface area (Å²) < 4.78 is 0. The van der Waals surface area contributed by atoms with Gasteiger partial charge in [0, 0.05) is 25.0 Å². The molecule has 0 radical (unpaired) electrons. The molecule has 1 aromatic rings. The Morgan fingerprint density at radius 3 is 2.50 bits per heavy atom. The molecule has 0 aliphatic carbocycles. The number of hydrogen-bond acceptors (Lipinski definition) is 2. The molecule has 1 N–H and O–H groups in total. The Morgan fingerprint density at radius 1 is 1.30 bits per heavy atom. The molecule has 20 heavy (non-hydrogen) atoms. The second-order valence-corrected chi connectivity index (χ2v) is 5.57. The second kappa shape index (κ2) is 7.90. The van der Waals surface area contributed by atoms with Gasteiger partial charge in [0.2, 0.25) is 11.8 Å². The van der Waals surface area contributed by atoms with Gasteiger partial charge in [-0.3, -0.25) is 9.59 Å². The van der Waals surface area contributed by atoms with E-state index in [1.165, 1.54) is 6.92 Å². The smallest absolute Gasteiger partial charge is 0.239 e. The van der Waals surface area contributed by atoms with Crippen LogP contribution in [0.5, 0.6) is 0 Å². The summed E-state index contributed by atoms with van der Waals surface area (Å²) in [4.78, 5) is 24.9.